The Morgan fingerprint density at radius 2 is 1.89 bits per heavy atom. The van der Waals surface area contributed by atoms with E-state index in [-0.39, 0.29) is 6.54 Å². The second kappa shape index (κ2) is 6.17. The van der Waals surface area contributed by atoms with E-state index in [1.165, 1.54) is 0 Å². The second-order valence-corrected chi connectivity index (χ2v) is 6.98. The van der Waals surface area contributed by atoms with Gasteiger partial charge in [0.25, 0.3) is 0 Å². The molecule has 0 bridgehead atoms. The summed E-state index contributed by atoms with van der Waals surface area (Å²) in [6, 6.07) is 8.50. The molecule has 1 N–H and O–H groups in total. The van der Waals surface area contributed by atoms with Gasteiger partial charge in [-0.1, -0.05) is 30.3 Å². The molecule has 0 saturated heterocycles. The third-order valence-electron chi connectivity index (χ3n) is 2.34. The first kappa shape index (κ1) is 14.9. The van der Waals surface area contributed by atoms with Crippen LogP contribution >= 0.6 is 0 Å². The number of hydrogen-bond acceptors (Lipinski definition) is 4. The molecule has 0 spiro atoms. The van der Waals surface area contributed by atoms with E-state index in [0.29, 0.717) is 0 Å². The summed E-state index contributed by atoms with van der Waals surface area (Å²) in [5.74, 6) is 0. The van der Waals surface area contributed by atoms with E-state index in [4.69, 9.17) is 0 Å². The van der Waals surface area contributed by atoms with E-state index in [9.17, 15) is 14.7 Å². The minimum atomic E-state index is -1.34. The Balaban J connectivity index is 2.83. The molecule has 0 fully saturated rings. The molecule has 1 aromatic rings. The van der Waals surface area contributed by atoms with Gasteiger partial charge < -0.3 is 4.55 Å². The van der Waals surface area contributed by atoms with Crippen LogP contribution in [-0.2, 0) is 11.4 Å². The van der Waals surface area contributed by atoms with Crippen molar-refractivity contribution < 1.29 is 9.48 Å². The van der Waals surface area contributed by atoms with Gasteiger partial charge >= 0.3 is 0 Å². The van der Waals surface area contributed by atoms with Crippen LogP contribution in [0.25, 0.3) is 0 Å². The predicted octanol–water partition coefficient (Wildman–Crippen LogP) is 2.06. The Morgan fingerprint density at radius 3 is 2.33 bits per heavy atom. The van der Waals surface area contributed by atoms with Gasteiger partial charge in [0.05, 0.1) is 0 Å². The molecule has 1 unspecified atom stereocenters. The maximum atomic E-state index is 12.0. The zero-order valence-corrected chi connectivity index (χ0v) is 11.6. The lowest BCUT2D eigenvalue weighted by Gasteiger charge is -2.26. The van der Waals surface area contributed by atoms with Crippen molar-refractivity contribution in [2.45, 2.75) is 31.6 Å². The van der Waals surface area contributed by atoms with Crippen molar-refractivity contribution in [1.29, 1.82) is 0 Å². The first-order valence-corrected chi connectivity index (χ1v) is 6.80. The predicted molar refractivity (Wildman–Crippen MR) is 72.1 cm³/mol. The molecular formula is C12H18N2O3S. The van der Waals surface area contributed by atoms with Crippen LogP contribution in [0.2, 0.25) is 0 Å². The van der Waals surface area contributed by atoms with Crippen LogP contribution in [-0.4, -0.2) is 20.8 Å². The first-order chi connectivity index (χ1) is 8.30. The third kappa shape index (κ3) is 4.64. The quantitative estimate of drug-likeness (QED) is 0.504. The standard InChI is InChI=1S/C12H18N2O3S/c1-12(2,3)18(17)13-11(9-14(15)16)10-7-5-4-6-8-10/h4-8,11,13H,9H2,1-3H3/t11?,18-/m0/s1. The highest BCUT2D eigenvalue weighted by Gasteiger charge is 2.31. The summed E-state index contributed by atoms with van der Waals surface area (Å²) in [6.45, 7) is 5.19. The molecule has 18 heavy (non-hydrogen) atoms. The van der Waals surface area contributed by atoms with Crippen molar-refractivity contribution >= 4 is 11.4 Å². The van der Waals surface area contributed by atoms with Crippen molar-refractivity contribution in [2.24, 2.45) is 0 Å². The molecule has 0 aromatic heterocycles. The second-order valence-electron chi connectivity index (χ2n) is 4.98. The maximum Gasteiger partial charge on any atom is 0.227 e. The summed E-state index contributed by atoms with van der Waals surface area (Å²) in [4.78, 5) is 10.3. The molecule has 1 rings (SSSR count). The molecule has 0 aliphatic heterocycles. The van der Waals surface area contributed by atoms with Crippen molar-refractivity contribution in [1.82, 2.24) is 4.72 Å². The van der Waals surface area contributed by atoms with Gasteiger partial charge in [-0.15, -0.1) is 4.72 Å². The molecule has 0 saturated carbocycles. The highest BCUT2D eigenvalue weighted by molar-refractivity contribution is 7.90. The van der Waals surface area contributed by atoms with Gasteiger partial charge in [-0.05, 0) is 26.3 Å². The molecule has 2 atom stereocenters. The van der Waals surface area contributed by atoms with Crippen LogP contribution in [0.4, 0.5) is 0 Å². The molecule has 1 aromatic carbocycles. The van der Waals surface area contributed by atoms with E-state index in [0.717, 1.165) is 5.56 Å². The lowest BCUT2D eigenvalue weighted by molar-refractivity contribution is -0.483. The minimum Gasteiger partial charge on any atom is -0.598 e. The highest BCUT2D eigenvalue weighted by atomic mass is 32.2. The van der Waals surface area contributed by atoms with Crippen LogP contribution < -0.4 is 4.72 Å². The van der Waals surface area contributed by atoms with Crippen molar-refractivity contribution in [3.8, 4) is 0 Å². The molecule has 0 aliphatic carbocycles. The SMILES string of the molecule is CC(C)(C)[S@+]([O-])NC(C[N+](=O)[O-])c1ccccc1. The maximum absolute atomic E-state index is 12.0. The Morgan fingerprint density at radius 1 is 1.33 bits per heavy atom. The number of nitro groups is 1. The van der Waals surface area contributed by atoms with Crippen LogP contribution in [0.5, 0.6) is 0 Å². The van der Waals surface area contributed by atoms with Crippen molar-refractivity contribution in [3.63, 3.8) is 0 Å². The molecule has 0 aliphatic rings. The van der Waals surface area contributed by atoms with Crippen LogP contribution in [0.15, 0.2) is 30.3 Å². The largest absolute Gasteiger partial charge is 0.598 e. The fourth-order valence-electron chi connectivity index (χ4n) is 1.35. The lowest BCUT2D eigenvalue weighted by atomic mass is 10.1. The Kier molecular flexibility index (Phi) is 5.13. The van der Waals surface area contributed by atoms with E-state index in [1.54, 1.807) is 12.1 Å². The molecule has 0 amide bonds. The van der Waals surface area contributed by atoms with Gasteiger partial charge in [0.15, 0.2) is 0 Å². The average molecular weight is 270 g/mol. The summed E-state index contributed by atoms with van der Waals surface area (Å²) in [7, 11) is 0. The third-order valence-corrected chi connectivity index (χ3v) is 3.95. The number of hydrogen-bond donors (Lipinski definition) is 1. The molecular weight excluding hydrogens is 252 g/mol. The van der Waals surface area contributed by atoms with Crippen LogP contribution in [0, 0.1) is 10.1 Å². The number of rotatable bonds is 5. The molecule has 0 heterocycles. The topological polar surface area (TPSA) is 78.2 Å². The summed E-state index contributed by atoms with van der Waals surface area (Å²) >= 11 is -1.34. The Labute approximate surface area is 110 Å². The normalized spacial score (nSPS) is 15.1. The number of nitrogens with zero attached hydrogens (tertiary/aromatic N) is 1. The minimum absolute atomic E-state index is 0.286. The van der Waals surface area contributed by atoms with E-state index >= 15 is 0 Å². The molecule has 0 radical (unpaired) electrons. The van der Waals surface area contributed by atoms with Gasteiger partial charge in [0, 0.05) is 16.3 Å². The van der Waals surface area contributed by atoms with Gasteiger partial charge in [-0.2, -0.15) is 0 Å². The fourth-order valence-corrected chi connectivity index (χ4v) is 2.17. The zero-order chi connectivity index (χ0) is 13.8. The number of nitrogens with one attached hydrogen (secondary N) is 1. The van der Waals surface area contributed by atoms with Gasteiger partial charge in [0.1, 0.15) is 10.8 Å². The summed E-state index contributed by atoms with van der Waals surface area (Å²) < 4.78 is 14.4. The van der Waals surface area contributed by atoms with Gasteiger partial charge in [0.2, 0.25) is 6.54 Å². The van der Waals surface area contributed by atoms with Gasteiger partial charge in [-0.3, -0.25) is 10.1 Å². The molecule has 100 valence electrons. The van der Waals surface area contributed by atoms with E-state index < -0.39 is 27.1 Å². The van der Waals surface area contributed by atoms with Crippen molar-refractivity contribution in [3.05, 3.63) is 46.0 Å². The van der Waals surface area contributed by atoms with Gasteiger partial charge in [-0.25, -0.2) is 0 Å². The average Bonchev–Trinajstić information content (AvgIpc) is 2.27. The monoisotopic (exact) mass is 270 g/mol. The zero-order valence-electron chi connectivity index (χ0n) is 10.8. The van der Waals surface area contributed by atoms with E-state index in [1.807, 2.05) is 39.0 Å². The highest BCUT2D eigenvalue weighted by Crippen LogP contribution is 2.20. The summed E-state index contributed by atoms with van der Waals surface area (Å²) in [5, 5.41) is 10.7. The smallest absolute Gasteiger partial charge is 0.227 e. The lowest BCUT2D eigenvalue weighted by Crippen LogP contribution is -2.43. The first-order valence-electron chi connectivity index (χ1n) is 5.65. The summed E-state index contributed by atoms with van der Waals surface area (Å²) in [6.07, 6.45) is 0. The number of benzene rings is 1. The fraction of sp³-hybridized carbons (Fsp3) is 0.500. The van der Waals surface area contributed by atoms with E-state index in [2.05, 4.69) is 4.72 Å². The Hall–Kier alpha value is -1.11. The Bertz CT molecular complexity index is 392. The van der Waals surface area contributed by atoms with Crippen molar-refractivity contribution in [2.75, 3.05) is 6.54 Å². The van der Waals surface area contributed by atoms with Crippen LogP contribution in [0.3, 0.4) is 0 Å². The summed E-state index contributed by atoms with van der Waals surface area (Å²) in [5.41, 5.74) is 0.770. The molecule has 5 nitrogen and oxygen atoms in total. The van der Waals surface area contributed by atoms with Crippen LogP contribution in [0.1, 0.15) is 32.4 Å². The molecule has 6 heteroatoms.